The molecule has 5 heteroatoms. The Kier molecular flexibility index (Phi) is 5.39. The quantitative estimate of drug-likeness (QED) is 0.621. The molecular formula is C18H23N3OS. The number of allylic oxidation sites excluding steroid dienone is 1. The zero-order valence-corrected chi connectivity index (χ0v) is 14.3. The van der Waals surface area contributed by atoms with Crippen LogP contribution >= 0.6 is 11.8 Å². The first kappa shape index (κ1) is 16.1. The molecule has 4 nitrogen and oxygen atoms in total. The van der Waals surface area contributed by atoms with E-state index in [-0.39, 0.29) is 11.2 Å². The molecular weight excluding hydrogens is 306 g/mol. The minimum absolute atomic E-state index is 0.0758. The number of benzene rings is 1. The molecule has 1 aromatic heterocycles. The van der Waals surface area contributed by atoms with E-state index in [0.29, 0.717) is 0 Å². The SMILES string of the molecule is C[C@@H](Sc1nc2ccccc2[nH]1)C(=O)NCCC1=CCCCC1. The third kappa shape index (κ3) is 4.38. The number of para-hydroxylation sites is 2. The zero-order chi connectivity index (χ0) is 16.1. The molecule has 0 saturated heterocycles. The lowest BCUT2D eigenvalue weighted by Gasteiger charge is -2.14. The first-order valence-electron chi connectivity index (χ1n) is 8.29. The summed E-state index contributed by atoms with van der Waals surface area (Å²) in [6, 6.07) is 7.91. The van der Waals surface area contributed by atoms with Crippen LogP contribution in [0.4, 0.5) is 0 Å². The third-order valence-electron chi connectivity index (χ3n) is 4.16. The van der Waals surface area contributed by atoms with Gasteiger partial charge in [0.25, 0.3) is 0 Å². The zero-order valence-electron chi connectivity index (χ0n) is 13.5. The highest BCUT2D eigenvalue weighted by Gasteiger charge is 2.16. The maximum absolute atomic E-state index is 12.2. The van der Waals surface area contributed by atoms with Gasteiger partial charge in [0.15, 0.2) is 5.16 Å². The van der Waals surface area contributed by atoms with Crippen LogP contribution in [0.5, 0.6) is 0 Å². The number of aromatic amines is 1. The molecule has 0 unspecified atom stereocenters. The molecule has 1 aliphatic carbocycles. The van der Waals surface area contributed by atoms with E-state index in [4.69, 9.17) is 0 Å². The number of carbonyl (C=O) groups excluding carboxylic acids is 1. The Labute approximate surface area is 141 Å². The van der Waals surface area contributed by atoms with E-state index in [0.717, 1.165) is 29.2 Å². The van der Waals surface area contributed by atoms with Crippen molar-refractivity contribution >= 4 is 28.7 Å². The van der Waals surface area contributed by atoms with Crippen molar-refractivity contribution in [2.75, 3.05) is 6.54 Å². The van der Waals surface area contributed by atoms with Crippen LogP contribution in [0, 0.1) is 0 Å². The van der Waals surface area contributed by atoms with E-state index in [2.05, 4.69) is 21.4 Å². The number of hydrogen-bond donors (Lipinski definition) is 2. The van der Waals surface area contributed by atoms with Gasteiger partial charge in [0.05, 0.1) is 16.3 Å². The topological polar surface area (TPSA) is 57.8 Å². The molecule has 1 heterocycles. The van der Waals surface area contributed by atoms with Gasteiger partial charge in [0, 0.05) is 6.54 Å². The van der Waals surface area contributed by atoms with Crippen LogP contribution in [-0.4, -0.2) is 27.7 Å². The van der Waals surface area contributed by atoms with E-state index >= 15 is 0 Å². The van der Waals surface area contributed by atoms with Gasteiger partial charge < -0.3 is 10.3 Å². The number of fused-ring (bicyclic) bond motifs is 1. The highest BCUT2D eigenvalue weighted by atomic mass is 32.2. The summed E-state index contributed by atoms with van der Waals surface area (Å²) in [5.41, 5.74) is 3.44. The molecule has 2 N–H and O–H groups in total. The maximum atomic E-state index is 12.2. The first-order chi connectivity index (χ1) is 11.2. The van der Waals surface area contributed by atoms with Crippen LogP contribution in [0.25, 0.3) is 11.0 Å². The van der Waals surface area contributed by atoms with Crippen molar-refractivity contribution in [3.8, 4) is 0 Å². The second-order valence-corrected chi connectivity index (χ2v) is 7.30. The van der Waals surface area contributed by atoms with Crippen molar-refractivity contribution in [1.82, 2.24) is 15.3 Å². The van der Waals surface area contributed by atoms with Crippen LogP contribution in [0.3, 0.4) is 0 Å². The minimum atomic E-state index is -0.157. The number of rotatable bonds is 6. The average Bonchev–Trinajstić information content (AvgIpc) is 2.98. The molecule has 1 aromatic carbocycles. The van der Waals surface area contributed by atoms with Crippen molar-refractivity contribution in [3.63, 3.8) is 0 Å². The first-order valence-corrected chi connectivity index (χ1v) is 9.17. The van der Waals surface area contributed by atoms with Crippen LogP contribution in [0.15, 0.2) is 41.1 Å². The average molecular weight is 329 g/mol. The lowest BCUT2D eigenvalue weighted by molar-refractivity contribution is -0.120. The number of aromatic nitrogens is 2. The summed E-state index contributed by atoms with van der Waals surface area (Å²) < 4.78 is 0. The van der Waals surface area contributed by atoms with Gasteiger partial charge in [-0.05, 0) is 51.2 Å². The monoisotopic (exact) mass is 329 g/mol. The van der Waals surface area contributed by atoms with Gasteiger partial charge in [0.2, 0.25) is 5.91 Å². The smallest absolute Gasteiger partial charge is 0.233 e. The van der Waals surface area contributed by atoms with Gasteiger partial charge in [0.1, 0.15) is 0 Å². The van der Waals surface area contributed by atoms with E-state index in [1.165, 1.54) is 43.0 Å². The fourth-order valence-electron chi connectivity index (χ4n) is 2.83. The normalized spacial score (nSPS) is 16.1. The Morgan fingerprint density at radius 2 is 2.26 bits per heavy atom. The maximum Gasteiger partial charge on any atom is 0.233 e. The van der Waals surface area contributed by atoms with Gasteiger partial charge in [-0.15, -0.1) is 0 Å². The predicted molar refractivity (Wildman–Crippen MR) is 95.6 cm³/mol. The van der Waals surface area contributed by atoms with E-state index in [1.807, 2.05) is 31.2 Å². The van der Waals surface area contributed by atoms with E-state index in [9.17, 15) is 4.79 Å². The van der Waals surface area contributed by atoms with Crippen molar-refractivity contribution < 1.29 is 4.79 Å². The lowest BCUT2D eigenvalue weighted by atomic mass is 9.97. The Morgan fingerprint density at radius 3 is 3.04 bits per heavy atom. The Hall–Kier alpha value is -1.75. The van der Waals surface area contributed by atoms with Crippen molar-refractivity contribution in [2.45, 2.75) is 49.4 Å². The fraction of sp³-hybridized carbons (Fsp3) is 0.444. The summed E-state index contributed by atoms with van der Waals surface area (Å²) in [7, 11) is 0. The highest BCUT2D eigenvalue weighted by Crippen LogP contribution is 2.23. The van der Waals surface area contributed by atoms with Gasteiger partial charge in [-0.2, -0.15) is 0 Å². The molecule has 0 bridgehead atoms. The van der Waals surface area contributed by atoms with Gasteiger partial charge in [-0.1, -0.05) is 35.5 Å². The molecule has 1 amide bonds. The standard InChI is InChI=1S/C18H23N3OS/c1-13(17(22)19-12-11-14-7-3-2-4-8-14)23-18-20-15-9-5-6-10-16(15)21-18/h5-7,9-10,13H,2-4,8,11-12H2,1H3,(H,19,22)(H,20,21)/t13-/m1/s1. The summed E-state index contributed by atoms with van der Waals surface area (Å²) in [4.78, 5) is 20.0. The summed E-state index contributed by atoms with van der Waals surface area (Å²) in [6.45, 7) is 2.66. The molecule has 0 radical (unpaired) electrons. The Bertz CT molecular complexity index is 674. The van der Waals surface area contributed by atoms with Crippen LogP contribution in [-0.2, 0) is 4.79 Å². The van der Waals surface area contributed by atoms with Crippen LogP contribution < -0.4 is 5.32 Å². The second-order valence-electron chi connectivity index (χ2n) is 5.97. The lowest BCUT2D eigenvalue weighted by Crippen LogP contribution is -2.31. The van der Waals surface area contributed by atoms with Crippen molar-refractivity contribution in [3.05, 3.63) is 35.9 Å². The molecule has 122 valence electrons. The molecule has 0 saturated carbocycles. The largest absolute Gasteiger partial charge is 0.355 e. The van der Waals surface area contributed by atoms with E-state index in [1.54, 1.807) is 0 Å². The summed E-state index contributed by atoms with van der Waals surface area (Å²) in [5, 5.41) is 3.68. The molecule has 0 spiro atoms. The number of carbonyl (C=O) groups is 1. The summed E-state index contributed by atoms with van der Waals surface area (Å²) in [5.74, 6) is 0.0758. The predicted octanol–water partition coefficient (Wildman–Crippen LogP) is 4.05. The molecule has 0 aliphatic heterocycles. The van der Waals surface area contributed by atoms with E-state index < -0.39 is 0 Å². The molecule has 1 atom stereocenters. The molecule has 3 rings (SSSR count). The Balaban J connectivity index is 1.48. The molecule has 2 aromatic rings. The molecule has 23 heavy (non-hydrogen) atoms. The van der Waals surface area contributed by atoms with Crippen LogP contribution in [0.1, 0.15) is 39.0 Å². The summed E-state index contributed by atoms with van der Waals surface area (Å²) in [6.07, 6.45) is 8.30. The molecule has 1 aliphatic rings. The van der Waals surface area contributed by atoms with Gasteiger partial charge in [-0.3, -0.25) is 4.79 Å². The number of thioether (sulfide) groups is 1. The second kappa shape index (κ2) is 7.68. The Morgan fingerprint density at radius 1 is 1.39 bits per heavy atom. The van der Waals surface area contributed by atoms with Gasteiger partial charge >= 0.3 is 0 Å². The van der Waals surface area contributed by atoms with Crippen molar-refractivity contribution in [1.29, 1.82) is 0 Å². The molecule has 0 fully saturated rings. The number of imidazole rings is 1. The summed E-state index contributed by atoms with van der Waals surface area (Å²) >= 11 is 1.47. The van der Waals surface area contributed by atoms with Crippen LogP contribution in [0.2, 0.25) is 0 Å². The number of nitrogens with one attached hydrogen (secondary N) is 2. The van der Waals surface area contributed by atoms with Crippen molar-refractivity contribution in [2.24, 2.45) is 0 Å². The number of hydrogen-bond acceptors (Lipinski definition) is 3. The van der Waals surface area contributed by atoms with Gasteiger partial charge in [-0.25, -0.2) is 4.98 Å². The number of nitrogens with zero attached hydrogens (tertiary/aromatic N) is 1. The fourth-order valence-corrected chi connectivity index (χ4v) is 3.67. The third-order valence-corrected chi connectivity index (χ3v) is 5.14. The number of H-pyrrole nitrogens is 1. The number of amides is 1. The minimum Gasteiger partial charge on any atom is -0.355 e. The highest BCUT2D eigenvalue weighted by molar-refractivity contribution is 8.00.